The molecule has 1 aromatic heterocycles. The van der Waals surface area contributed by atoms with Gasteiger partial charge in [0.15, 0.2) is 34.5 Å². The fraction of sp³-hybridized carbons (Fsp3) is 0.200. The van der Waals surface area contributed by atoms with E-state index in [1.165, 1.54) is 23.5 Å². The number of rotatable bonds is 7. The minimum Gasteiger partial charge on any atom is -0.493 e. The van der Waals surface area contributed by atoms with E-state index in [1.807, 2.05) is 16.7 Å². The number of halogens is 1. The summed E-state index contributed by atoms with van der Waals surface area (Å²) >= 11 is 1.33. The Morgan fingerprint density at radius 1 is 1.21 bits per heavy atom. The van der Waals surface area contributed by atoms with Crippen molar-refractivity contribution in [1.82, 2.24) is 4.57 Å². The van der Waals surface area contributed by atoms with Crippen LogP contribution in [0.15, 0.2) is 54.0 Å². The molecule has 146 valence electrons. The van der Waals surface area contributed by atoms with Gasteiger partial charge in [-0.2, -0.15) is 4.99 Å². The number of methoxy groups -OCH3 is 2. The summed E-state index contributed by atoms with van der Waals surface area (Å²) in [7, 11) is 3.12. The van der Waals surface area contributed by atoms with Gasteiger partial charge in [-0.25, -0.2) is 4.39 Å². The van der Waals surface area contributed by atoms with Crippen LogP contribution in [0, 0.1) is 5.82 Å². The first-order chi connectivity index (χ1) is 13.6. The lowest BCUT2D eigenvalue weighted by molar-refractivity contribution is -0.120. The van der Waals surface area contributed by atoms with Crippen LogP contribution in [-0.2, 0) is 11.3 Å². The maximum atomic E-state index is 13.6. The van der Waals surface area contributed by atoms with Crippen molar-refractivity contribution in [2.24, 2.45) is 4.99 Å². The first-order valence-corrected chi connectivity index (χ1v) is 9.20. The molecule has 0 radical (unpaired) electrons. The highest BCUT2D eigenvalue weighted by atomic mass is 32.1. The molecule has 1 heterocycles. The van der Waals surface area contributed by atoms with E-state index in [2.05, 4.69) is 11.6 Å². The van der Waals surface area contributed by atoms with Crippen molar-refractivity contribution < 1.29 is 23.4 Å². The number of ether oxygens (including phenoxy) is 3. The van der Waals surface area contributed by atoms with Crippen LogP contribution in [0.25, 0.3) is 10.2 Å². The monoisotopic (exact) mass is 402 g/mol. The average molecular weight is 402 g/mol. The summed E-state index contributed by atoms with van der Waals surface area (Å²) in [6.07, 6.45) is 1.71. The van der Waals surface area contributed by atoms with Crippen LogP contribution in [0.2, 0.25) is 0 Å². The maximum absolute atomic E-state index is 13.6. The molecule has 3 rings (SSSR count). The molecule has 0 fully saturated rings. The summed E-state index contributed by atoms with van der Waals surface area (Å²) in [5, 5.41) is 0. The Morgan fingerprint density at radius 3 is 2.61 bits per heavy atom. The third-order valence-electron chi connectivity index (χ3n) is 3.91. The van der Waals surface area contributed by atoms with Crippen LogP contribution < -0.4 is 19.0 Å². The zero-order chi connectivity index (χ0) is 20.1. The molecule has 0 saturated heterocycles. The molecule has 0 aliphatic heterocycles. The Morgan fingerprint density at radius 2 is 1.93 bits per heavy atom. The van der Waals surface area contributed by atoms with E-state index < -0.39 is 11.7 Å². The smallest absolute Gasteiger partial charge is 0.286 e. The normalized spacial score (nSPS) is 11.5. The Hall–Kier alpha value is -3.13. The van der Waals surface area contributed by atoms with Crippen LogP contribution in [-0.4, -0.2) is 31.3 Å². The summed E-state index contributed by atoms with van der Waals surface area (Å²) in [6.45, 7) is 3.85. The van der Waals surface area contributed by atoms with Crippen LogP contribution >= 0.6 is 11.3 Å². The van der Waals surface area contributed by atoms with Crippen LogP contribution in [0.3, 0.4) is 0 Å². The number of nitrogens with zero attached hydrogens (tertiary/aromatic N) is 2. The van der Waals surface area contributed by atoms with Crippen molar-refractivity contribution in [3.05, 3.63) is 59.7 Å². The van der Waals surface area contributed by atoms with Gasteiger partial charge in [0.25, 0.3) is 5.91 Å². The largest absolute Gasteiger partial charge is 0.493 e. The number of amides is 1. The maximum Gasteiger partial charge on any atom is 0.286 e. The highest BCUT2D eigenvalue weighted by molar-refractivity contribution is 7.16. The van der Waals surface area contributed by atoms with Crippen LogP contribution in [0.5, 0.6) is 17.2 Å². The van der Waals surface area contributed by atoms with Crippen molar-refractivity contribution in [2.75, 3.05) is 20.8 Å². The lowest BCUT2D eigenvalue weighted by atomic mass is 10.3. The van der Waals surface area contributed by atoms with Crippen molar-refractivity contribution >= 4 is 27.5 Å². The SMILES string of the molecule is C=CCn1c(=NC(=O)COc2ccccc2F)sc2cc(OC)c(OC)cc21. The van der Waals surface area contributed by atoms with Crippen LogP contribution in [0.1, 0.15) is 0 Å². The summed E-state index contributed by atoms with van der Waals surface area (Å²) in [5.41, 5.74) is 0.837. The summed E-state index contributed by atoms with van der Waals surface area (Å²) in [5.74, 6) is 0.120. The molecule has 0 aliphatic carbocycles. The van der Waals surface area contributed by atoms with Crippen LogP contribution in [0.4, 0.5) is 4.39 Å². The molecule has 1 amide bonds. The average Bonchev–Trinajstić information content (AvgIpc) is 3.02. The van der Waals surface area contributed by atoms with Crippen molar-refractivity contribution in [3.63, 3.8) is 0 Å². The molecule has 2 aromatic carbocycles. The Balaban J connectivity index is 1.96. The number of allylic oxidation sites excluding steroid dienone is 1. The zero-order valence-electron chi connectivity index (χ0n) is 15.5. The topological polar surface area (TPSA) is 62.1 Å². The minimum atomic E-state index is -0.530. The number of thiazole rings is 1. The van der Waals surface area contributed by atoms with Gasteiger partial charge in [0.05, 0.1) is 24.4 Å². The third kappa shape index (κ3) is 4.07. The molecule has 0 saturated carbocycles. The molecule has 0 atom stereocenters. The van der Waals surface area contributed by atoms with Gasteiger partial charge >= 0.3 is 0 Å². The number of aromatic nitrogens is 1. The molecule has 28 heavy (non-hydrogen) atoms. The summed E-state index contributed by atoms with van der Waals surface area (Å²) in [6, 6.07) is 9.56. The number of hydrogen-bond acceptors (Lipinski definition) is 5. The molecule has 0 spiro atoms. The number of benzene rings is 2. The second-order valence-corrected chi connectivity index (χ2v) is 6.69. The number of carbonyl (C=O) groups excluding carboxylic acids is 1. The van der Waals surface area contributed by atoms with E-state index >= 15 is 0 Å². The molecule has 0 unspecified atom stereocenters. The predicted molar refractivity (Wildman–Crippen MR) is 106 cm³/mol. The number of hydrogen-bond donors (Lipinski definition) is 0. The van der Waals surface area contributed by atoms with Gasteiger partial charge in [-0.05, 0) is 12.1 Å². The highest BCUT2D eigenvalue weighted by Gasteiger charge is 2.13. The Kier molecular flexibility index (Phi) is 6.10. The Bertz CT molecular complexity index is 1090. The van der Waals surface area contributed by atoms with Gasteiger partial charge < -0.3 is 18.8 Å². The number of para-hydroxylation sites is 1. The van der Waals surface area contributed by atoms with Gasteiger partial charge in [-0.3, -0.25) is 4.79 Å². The van der Waals surface area contributed by atoms with E-state index in [0.29, 0.717) is 22.8 Å². The quantitative estimate of drug-likeness (QED) is 0.567. The highest BCUT2D eigenvalue weighted by Crippen LogP contribution is 2.33. The minimum absolute atomic E-state index is 0.0100. The third-order valence-corrected chi connectivity index (χ3v) is 4.95. The molecule has 8 heteroatoms. The van der Waals surface area contributed by atoms with Gasteiger partial charge in [-0.15, -0.1) is 6.58 Å². The Labute approximate surface area is 165 Å². The van der Waals surface area contributed by atoms with E-state index in [4.69, 9.17) is 14.2 Å². The second-order valence-electron chi connectivity index (χ2n) is 5.68. The van der Waals surface area contributed by atoms with Crippen molar-refractivity contribution in [1.29, 1.82) is 0 Å². The molecular formula is C20H19FN2O4S. The van der Waals surface area contributed by atoms with E-state index in [0.717, 1.165) is 10.2 Å². The molecule has 3 aromatic rings. The summed E-state index contributed by atoms with van der Waals surface area (Å²) < 4.78 is 32.3. The molecular weight excluding hydrogens is 383 g/mol. The second kappa shape index (κ2) is 8.71. The lowest BCUT2D eigenvalue weighted by Crippen LogP contribution is -2.19. The van der Waals surface area contributed by atoms with E-state index in [-0.39, 0.29) is 12.4 Å². The molecule has 0 aliphatic rings. The van der Waals surface area contributed by atoms with E-state index in [1.54, 1.807) is 32.4 Å². The van der Waals surface area contributed by atoms with E-state index in [9.17, 15) is 9.18 Å². The molecule has 6 nitrogen and oxygen atoms in total. The van der Waals surface area contributed by atoms with Gasteiger partial charge in [-0.1, -0.05) is 29.5 Å². The van der Waals surface area contributed by atoms with Gasteiger partial charge in [0, 0.05) is 18.7 Å². The fourth-order valence-electron chi connectivity index (χ4n) is 2.63. The zero-order valence-corrected chi connectivity index (χ0v) is 16.3. The van der Waals surface area contributed by atoms with Crippen molar-refractivity contribution in [2.45, 2.75) is 6.54 Å². The van der Waals surface area contributed by atoms with Gasteiger partial charge in [0.2, 0.25) is 0 Å². The fourth-order valence-corrected chi connectivity index (χ4v) is 3.69. The standard InChI is InChI=1S/C20H19FN2O4S/c1-4-9-23-14-10-16(25-2)17(26-3)11-18(14)28-20(23)22-19(24)12-27-15-8-6-5-7-13(15)21/h4-8,10-11H,1,9,12H2,2-3H3. The molecule has 0 bridgehead atoms. The first kappa shape index (κ1) is 19.6. The van der Waals surface area contributed by atoms with Crippen molar-refractivity contribution in [3.8, 4) is 17.2 Å². The number of carbonyl (C=O) groups is 1. The lowest BCUT2D eigenvalue weighted by Gasteiger charge is -2.08. The summed E-state index contributed by atoms with van der Waals surface area (Å²) in [4.78, 5) is 16.9. The first-order valence-electron chi connectivity index (χ1n) is 8.38. The number of fused-ring (bicyclic) bond motifs is 1. The predicted octanol–water partition coefficient (Wildman–Crippen LogP) is 3.55. The molecule has 0 N–H and O–H groups in total. The van der Waals surface area contributed by atoms with Gasteiger partial charge in [0.1, 0.15) is 0 Å².